The second kappa shape index (κ2) is 5.52. The van der Waals surface area contributed by atoms with Gasteiger partial charge in [-0.25, -0.2) is 9.78 Å². The topological polar surface area (TPSA) is 89.5 Å². The number of piperazine rings is 1. The smallest absolute Gasteiger partial charge is 0.407 e. The molecule has 18 heavy (non-hydrogen) atoms. The van der Waals surface area contributed by atoms with E-state index in [1.807, 2.05) is 0 Å². The first kappa shape index (κ1) is 12.4. The summed E-state index contributed by atoms with van der Waals surface area (Å²) >= 11 is 0. The Morgan fingerprint density at radius 3 is 2.50 bits per heavy atom. The van der Waals surface area contributed by atoms with E-state index in [0.717, 1.165) is 5.69 Å². The predicted molar refractivity (Wildman–Crippen MR) is 63.1 cm³/mol. The Morgan fingerprint density at radius 1 is 1.28 bits per heavy atom. The van der Waals surface area contributed by atoms with Crippen LogP contribution in [-0.2, 0) is 11.2 Å². The highest BCUT2D eigenvalue weighted by atomic mass is 16.4. The largest absolute Gasteiger partial charge is 0.465 e. The van der Waals surface area contributed by atoms with Gasteiger partial charge in [0.15, 0.2) is 0 Å². The average Bonchev–Trinajstić information content (AvgIpc) is 2.89. The summed E-state index contributed by atoms with van der Waals surface area (Å²) in [6, 6.07) is 0. The van der Waals surface area contributed by atoms with E-state index in [1.54, 1.807) is 17.4 Å². The maximum absolute atomic E-state index is 11.9. The number of carbonyl (C=O) groups excluding carboxylic acids is 1. The SMILES string of the molecule is O=C(O)N1CCN(C(=O)CCc2cnc[nH]2)CC1. The summed E-state index contributed by atoms with van der Waals surface area (Å²) in [5.74, 6) is 0.0645. The van der Waals surface area contributed by atoms with Crippen LogP contribution in [0.3, 0.4) is 0 Å². The van der Waals surface area contributed by atoms with Crippen molar-refractivity contribution in [3.05, 3.63) is 18.2 Å². The van der Waals surface area contributed by atoms with Crippen LogP contribution in [0.4, 0.5) is 4.79 Å². The normalized spacial score (nSPS) is 15.8. The number of aromatic amines is 1. The number of nitrogens with zero attached hydrogens (tertiary/aromatic N) is 3. The third kappa shape index (κ3) is 2.99. The quantitative estimate of drug-likeness (QED) is 0.802. The number of H-pyrrole nitrogens is 1. The van der Waals surface area contributed by atoms with Crippen molar-refractivity contribution in [2.75, 3.05) is 26.2 Å². The van der Waals surface area contributed by atoms with Crippen LogP contribution in [0.15, 0.2) is 12.5 Å². The van der Waals surface area contributed by atoms with Crippen molar-refractivity contribution >= 4 is 12.0 Å². The standard InChI is InChI=1S/C11H16N4O3/c16-10(2-1-9-7-12-8-13-9)14-3-5-15(6-4-14)11(17)18/h7-8H,1-6H2,(H,12,13)(H,17,18). The van der Waals surface area contributed by atoms with E-state index in [9.17, 15) is 9.59 Å². The molecule has 1 aliphatic heterocycles. The summed E-state index contributed by atoms with van der Waals surface area (Å²) in [6.45, 7) is 1.75. The highest BCUT2D eigenvalue weighted by Crippen LogP contribution is 2.06. The fraction of sp³-hybridized carbons (Fsp3) is 0.545. The third-order valence-corrected chi connectivity index (χ3v) is 3.07. The lowest BCUT2D eigenvalue weighted by Crippen LogP contribution is -2.50. The van der Waals surface area contributed by atoms with Gasteiger partial charge in [-0.15, -0.1) is 0 Å². The second-order valence-electron chi connectivity index (χ2n) is 4.23. The molecule has 7 nitrogen and oxygen atoms in total. The minimum atomic E-state index is -0.917. The van der Waals surface area contributed by atoms with E-state index in [0.29, 0.717) is 39.0 Å². The number of carboxylic acid groups (broad SMARTS) is 1. The first-order valence-electron chi connectivity index (χ1n) is 5.89. The molecule has 7 heteroatoms. The number of nitrogens with one attached hydrogen (secondary N) is 1. The van der Waals surface area contributed by atoms with Crippen LogP contribution in [0.5, 0.6) is 0 Å². The van der Waals surface area contributed by atoms with Gasteiger partial charge in [0, 0.05) is 44.5 Å². The molecule has 0 atom stereocenters. The van der Waals surface area contributed by atoms with Crippen molar-refractivity contribution in [1.82, 2.24) is 19.8 Å². The summed E-state index contributed by atoms with van der Waals surface area (Å²) < 4.78 is 0. The lowest BCUT2D eigenvalue weighted by Gasteiger charge is -2.33. The highest BCUT2D eigenvalue weighted by molar-refractivity contribution is 5.76. The van der Waals surface area contributed by atoms with Crippen LogP contribution in [0.25, 0.3) is 0 Å². The molecule has 2 heterocycles. The number of rotatable bonds is 3. The lowest BCUT2D eigenvalue weighted by molar-refractivity contribution is -0.132. The first-order valence-corrected chi connectivity index (χ1v) is 5.89. The second-order valence-corrected chi connectivity index (χ2v) is 4.23. The van der Waals surface area contributed by atoms with E-state index in [4.69, 9.17) is 5.11 Å². The van der Waals surface area contributed by atoms with Crippen molar-refractivity contribution in [1.29, 1.82) is 0 Å². The van der Waals surface area contributed by atoms with E-state index in [1.165, 1.54) is 4.90 Å². The maximum atomic E-state index is 11.9. The number of aryl methyl sites for hydroxylation is 1. The number of hydrogen-bond acceptors (Lipinski definition) is 3. The van der Waals surface area contributed by atoms with Crippen molar-refractivity contribution in [3.63, 3.8) is 0 Å². The monoisotopic (exact) mass is 252 g/mol. The zero-order valence-electron chi connectivity index (χ0n) is 10.0. The number of imidazole rings is 1. The Kier molecular flexibility index (Phi) is 3.81. The Balaban J connectivity index is 1.75. The molecule has 0 aromatic carbocycles. The van der Waals surface area contributed by atoms with Gasteiger partial charge in [0.25, 0.3) is 0 Å². The van der Waals surface area contributed by atoms with Gasteiger partial charge in [0.05, 0.1) is 6.33 Å². The molecular weight excluding hydrogens is 236 g/mol. The molecule has 98 valence electrons. The molecule has 1 aromatic heterocycles. The Hall–Kier alpha value is -2.05. The molecule has 0 saturated carbocycles. The number of aromatic nitrogens is 2. The zero-order chi connectivity index (χ0) is 13.0. The van der Waals surface area contributed by atoms with E-state index < -0.39 is 6.09 Å². The molecule has 0 aliphatic carbocycles. The Labute approximate surface area is 104 Å². The molecule has 1 aliphatic rings. The van der Waals surface area contributed by atoms with Gasteiger partial charge in [-0.2, -0.15) is 0 Å². The van der Waals surface area contributed by atoms with Gasteiger partial charge in [-0.05, 0) is 6.42 Å². The summed E-state index contributed by atoms with van der Waals surface area (Å²) in [7, 11) is 0. The first-order chi connectivity index (χ1) is 8.66. The van der Waals surface area contributed by atoms with Gasteiger partial charge in [0.1, 0.15) is 0 Å². The molecule has 1 fully saturated rings. The number of hydrogen-bond donors (Lipinski definition) is 2. The van der Waals surface area contributed by atoms with Crippen LogP contribution in [0, 0.1) is 0 Å². The zero-order valence-corrected chi connectivity index (χ0v) is 10.0. The van der Waals surface area contributed by atoms with Gasteiger partial charge >= 0.3 is 6.09 Å². The Bertz CT molecular complexity index is 410. The molecular formula is C11H16N4O3. The minimum absolute atomic E-state index is 0.0645. The van der Waals surface area contributed by atoms with Crippen LogP contribution in [-0.4, -0.2) is 63.1 Å². The predicted octanol–water partition coefficient (Wildman–Crippen LogP) is 0.164. The number of amides is 2. The van der Waals surface area contributed by atoms with Crippen LogP contribution in [0.1, 0.15) is 12.1 Å². The Morgan fingerprint density at radius 2 is 1.94 bits per heavy atom. The molecule has 0 bridgehead atoms. The van der Waals surface area contributed by atoms with Gasteiger partial charge in [-0.1, -0.05) is 0 Å². The fourth-order valence-electron chi connectivity index (χ4n) is 1.97. The van der Waals surface area contributed by atoms with E-state index in [2.05, 4.69) is 9.97 Å². The van der Waals surface area contributed by atoms with Gasteiger partial charge in [-0.3, -0.25) is 4.79 Å². The van der Waals surface area contributed by atoms with E-state index >= 15 is 0 Å². The molecule has 1 saturated heterocycles. The van der Waals surface area contributed by atoms with Crippen molar-refractivity contribution in [3.8, 4) is 0 Å². The third-order valence-electron chi connectivity index (χ3n) is 3.07. The fourth-order valence-corrected chi connectivity index (χ4v) is 1.97. The minimum Gasteiger partial charge on any atom is -0.465 e. The highest BCUT2D eigenvalue weighted by Gasteiger charge is 2.23. The summed E-state index contributed by atoms with van der Waals surface area (Å²) in [4.78, 5) is 32.5. The van der Waals surface area contributed by atoms with Crippen molar-refractivity contribution in [2.24, 2.45) is 0 Å². The molecule has 2 N–H and O–H groups in total. The molecule has 0 spiro atoms. The molecule has 0 unspecified atom stereocenters. The lowest BCUT2D eigenvalue weighted by atomic mass is 10.2. The summed E-state index contributed by atoms with van der Waals surface area (Å²) in [5.41, 5.74) is 0.938. The van der Waals surface area contributed by atoms with Crippen LogP contribution < -0.4 is 0 Å². The molecule has 2 rings (SSSR count). The maximum Gasteiger partial charge on any atom is 0.407 e. The van der Waals surface area contributed by atoms with Gasteiger partial charge in [0.2, 0.25) is 5.91 Å². The van der Waals surface area contributed by atoms with E-state index in [-0.39, 0.29) is 5.91 Å². The van der Waals surface area contributed by atoms with Crippen molar-refractivity contribution < 1.29 is 14.7 Å². The summed E-state index contributed by atoms with van der Waals surface area (Å²) in [6.07, 6.45) is 3.44. The molecule has 1 aromatic rings. The number of carbonyl (C=O) groups is 2. The summed E-state index contributed by atoms with van der Waals surface area (Å²) in [5, 5.41) is 8.80. The van der Waals surface area contributed by atoms with Crippen molar-refractivity contribution in [2.45, 2.75) is 12.8 Å². The average molecular weight is 252 g/mol. The van der Waals surface area contributed by atoms with Crippen LogP contribution >= 0.6 is 0 Å². The molecule has 0 radical (unpaired) electrons. The van der Waals surface area contributed by atoms with Crippen LogP contribution in [0.2, 0.25) is 0 Å². The van der Waals surface area contributed by atoms with Gasteiger partial charge < -0.3 is 19.9 Å². The molecule has 2 amide bonds.